The Kier molecular flexibility index (Phi) is 8.03. The fraction of sp³-hybridized carbons (Fsp3) is 0.571. The number of aliphatic hydroxyl groups is 4. The smallest absolute Gasteiger partial charge is 0.153 e. The first-order valence-corrected chi connectivity index (χ1v) is 6.99. The SMILES string of the molecule is Nc1ccc(NCCC(O)O)cc1CN(CCO)CCO. The molecule has 0 fully saturated rings. The fourth-order valence-electron chi connectivity index (χ4n) is 1.99. The van der Waals surface area contributed by atoms with Crippen molar-refractivity contribution in [3.63, 3.8) is 0 Å². The van der Waals surface area contributed by atoms with Gasteiger partial charge in [0.1, 0.15) is 0 Å². The summed E-state index contributed by atoms with van der Waals surface area (Å²) >= 11 is 0. The number of hydrogen-bond acceptors (Lipinski definition) is 7. The van der Waals surface area contributed by atoms with Crippen molar-refractivity contribution in [1.29, 1.82) is 0 Å². The van der Waals surface area contributed by atoms with Crippen molar-refractivity contribution in [2.45, 2.75) is 19.3 Å². The second kappa shape index (κ2) is 9.54. The van der Waals surface area contributed by atoms with Gasteiger partial charge < -0.3 is 31.5 Å². The zero-order chi connectivity index (χ0) is 15.7. The highest BCUT2D eigenvalue weighted by Crippen LogP contribution is 2.19. The van der Waals surface area contributed by atoms with E-state index in [9.17, 15) is 0 Å². The molecule has 7 N–H and O–H groups in total. The van der Waals surface area contributed by atoms with Crippen molar-refractivity contribution in [3.05, 3.63) is 23.8 Å². The lowest BCUT2D eigenvalue weighted by atomic mass is 10.1. The maximum Gasteiger partial charge on any atom is 0.153 e. The van der Waals surface area contributed by atoms with E-state index in [1.54, 1.807) is 6.07 Å². The Morgan fingerprint density at radius 1 is 1.14 bits per heavy atom. The molecule has 0 unspecified atom stereocenters. The third-order valence-electron chi connectivity index (χ3n) is 3.10. The summed E-state index contributed by atoms with van der Waals surface area (Å²) in [5.41, 5.74) is 8.33. The molecule has 1 rings (SSSR count). The number of benzene rings is 1. The van der Waals surface area contributed by atoms with Crippen LogP contribution in [0.1, 0.15) is 12.0 Å². The van der Waals surface area contributed by atoms with E-state index < -0.39 is 6.29 Å². The Morgan fingerprint density at radius 3 is 2.38 bits per heavy atom. The van der Waals surface area contributed by atoms with Gasteiger partial charge in [0.2, 0.25) is 0 Å². The number of nitrogens with zero attached hydrogens (tertiary/aromatic N) is 1. The van der Waals surface area contributed by atoms with Gasteiger partial charge >= 0.3 is 0 Å². The minimum atomic E-state index is -1.32. The molecule has 0 heterocycles. The summed E-state index contributed by atoms with van der Waals surface area (Å²) in [5, 5.41) is 38.7. The number of nitrogens with one attached hydrogen (secondary N) is 1. The first-order chi connectivity index (χ1) is 10.1. The summed E-state index contributed by atoms with van der Waals surface area (Å²) in [6.07, 6.45) is -1.09. The molecule has 0 saturated heterocycles. The Labute approximate surface area is 124 Å². The van der Waals surface area contributed by atoms with E-state index in [2.05, 4.69) is 5.32 Å². The van der Waals surface area contributed by atoms with E-state index in [-0.39, 0.29) is 19.6 Å². The molecule has 0 aliphatic carbocycles. The van der Waals surface area contributed by atoms with Crippen LogP contribution in [0.3, 0.4) is 0 Å². The van der Waals surface area contributed by atoms with Crippen molar-refractivity contribution in [1.82, 2.24) is 4.90 Å². The first kappa shape index (κ1) is 17.7. The van der Waals surface area contributed by atoms with Gasteiger partial charge in [-0.3, -0.25) is 4.90 Å². The van der Waals surface area contributed by atoms with Crippen LogP contribution in [0.4, 0.5) is 11.4 Å². The molecule has 1 aromatic carbocycles. The van der Waals surface area contributed by atoms with Crippen LogP contribution in [0.25, 0.3) is 0 Å². The lowest BCUT2D eigenvalue weighted by Crippen LogP contribution is -2.29. The maximum absolute atomic E-state index is 9.02. The van der Waals surface area contributed by atoms with Gasteiger partial charge in [-0.15, -0.1) is 0 Å². The minimum Gasteiger partial charge on any atom is -0.398 e. The Hall–Kier alpha value is -1.38. The highest BCUT2D eigenvalue weighted by atomic mass is 16.5. The van der Waals surface area contributed by atoms with E-state index in [0.29, 0.717) is 31.9 Å². The Morgan fingerprint density at radius 2 is 1.81 bits per heavy atom. The molecular formula is C14H25N3O4. The quantitative estimate of drug-likeness (QED) is 0.246. The minimum absolute atomic E-state index is 0.0201. The van der Waals surface area contributed by atoms with Crippen LogP contribution >= 0.6 is 0 Å². The molecular weight excluding hydrogens is 274 g/mol. The Bertz CT molecular complexity index is 409. The third-order valence-corrected chi connectivity index (χ3v) is 3.10. The van der Waals surface area contributed by atoms with Crippen molar-refractivity contribution in [2.24, 2.45) is 0 Å². The molecule has 0 spiro atoms. The van der Waals surface area contributed by atoms with E-state index >= 15 is 0 Å². The summed E-state index contributed by atoms with van der Waals surface area (Å²) in [6, 6.07) is 5.50. The summed E-state index contributed by atoms with van der Waals surface area (Å²) < 4.78 is 0. The van der Waals surface area contributed by atoms with E-state index in [4.69, 9.17) is 26.2 Å². The number of rotatable bonds is 10. The number of anilines is 2. The molecule has 7 heteroatoms. The largest absolute Gasteiger partial charge is 0.398 e. The summed E-state index contributed by atoms with van der Waals surface area (Å²) in [6.45, 7) is 1.95. The van der Waals surface area contributed by atoms with Gasteiger partial charge in [-0.1, -0.05) is 0 Å². The zero-order valence-electron chi connectivity index (χ0n) is 12.1. The van der Waals surface area contributed by atoms with Crippen molar-refractivity contribution < 1.29 is 20.4 Å². The van der Waals surface area contributed by atoms with Crippen LogP contribution in [0, 0.1) is 0 Å². The van der Waals surface area contributed by atoms with Crippen LogP contribution in [-0.4, -0.2) is 64.5 Å². The van der Waals surface area contributed by atoms with Gasteiger partial charge in [0.05, 0.1) is 13.2 Å². The lowest BCUT2D eigenvalue weighted by Gasteiger charge is -2.21. The van der Waals surface area contributed by atoms with Gasteiger partial charge in [-0.2, -0.15) is 0 Å². The third kappa shape index (κ3) is 6.74. The first-order valence-electron chi connectivity index (χ1n) is 6.99. The van der Waals surface area contributed by atoms with Gasteiger partial charge in [-0.05, 0) is 23.8 Å². The number of nitrogens with two attached hydrogens (primary N) is 1. The average Bonchev–Trinajstić information content (AvgIpc) is 2.42. The zero-order valence-corrected chi connectivity index (χ0v) is 12.1. The van der Waals surface area contributed by atoms with E-state index in [1.165, 1.54) is 0 Å². The molecule has 21 heavy (non-hydrogen) atoms. The van der Waals surface area contributed by atoms with Crippen molar-refractivity contribution >= 4 is 11.4 Å². The summed E-state index contributed by atoms with van der Waals surface area (Å²) in [7, 11) is 0. The molecule has 0 atom stereocenters. The molecule has 0 amide bonds. The molecule has 0 aliphatic heterocycles. The summed E-state index contributed by atoms with van der Waals surface area (Å²) in [5.74, 6) is 0. The van der Waals surface area contributed by atoms with Crippen LogP contribution in [0.5, 0.6) is 0 Å². The topological polar surface area (TPSA) is 122 Å². The number of aliphatic hydroxyl groups excluding tert-OH is 3. The normalized spacial score (nSPS) is 11.3. The predicted molar refractivity (Wildman–Crippen MR) is 81.6 cm³/mol. The van der Waals surface area contributed by atoms with Crippen molar-refractivity contribution in [2.75, 3.05) is 43.9 Å². The standard InChI is InChI=1S/C14H25N3O4/c15-13-2-1-12(16-4-3-14(20)21)9-11(13)10-17(5-7-18)6-8-19/h1-2,9,14,16,18-21H,3-8,10,15H2. The number of nitrogen functional groups attached to an aromatic ring is 1. The van der Waals surface area contributed by atoms with Crippen LogP contribution in [0.15, 0.2) is 18.2 Å². The second-order valence-corrected chi connectivity index (χ2v) is 4.83. The fourth-order valence-corrected chi connectivity index (χ4v) is 1.99. The molecule has 0 bridgehead atoms. The van der Waals surface area contributed by atoms with Gasteiger partial charge in [0.25, 0.3) is 0 Å². The lowest BCUT2D eigenvalue weighted by molar-refractivity contribution is -0.0423. The molecule has 7 nitrogen and oxygen atoms in total. The molecule has 1 aromatic rings. The van der Waals surface area contributed by atoms with Gasteiger partial charge in [0, 0.05) is 44.0 Å². The van der Waals surface area contributed by atoms with Crippen LogP contribution in [-0.2, 0) is 6.54 Å². The van der Waals surface area contributed by atoms with Crippen molar-refractivity contribution in [3.8, 4) is 0 Å². The maximum atomic E-state index is 9.02. The molecule has 0 radical (unpaired) electrons. The molecule has 120 valence electrons. The van der Waals surface area contributed by atoms with Gasteiger partial charge in [0.15, 0.2) is 6.29 Å². The number of hydrogen-bond donors (Lipinski definition) is 6. The molecule has 0 aliphatic rings. The second-order valence-electron chi connectivity index (χ2n) is 4.83. The molecule has 0 aromatic heterocycles. The Balaban J connectivity index is 2.67. The van der Waals surface area contributed by atoms with Crippen LogP contribution < -0.4 is 11.1 Å². The monoisotopic (exact) mass is 299 g/mol. The van der Waals surface area contributed by atoms with E-state index in [1.807, 2.05) is 17.0 Å². The highest BCUT2D eigenvalue weighted by molar-refractivity contribution is 5.57. The van der Waals surface area contributed by atoms with E-state index in [0.717, 1.165) is 11.3 Å². The summed E-state index contributed by atoms with van der Waals surface area (Å²) in [4.78, 5) is 1.91. The average molecular weight is 299 g/mol. The molecule has 0 saturated carbocycles. The highest BCUT2D eigenvalue weighted by Gasteiger charge is 2.08. The predicted octanol–water partition coefficient (Wildman–Crippen LogP) is -0.832. The van der Waals surface area contributed by atoms with Gasteiger partial charge in [-0.25, -0.2) is 0 Å². The van der Waals surface area contributed by atoms with Crippen LogP contribution in [0.2, 0.25) is 0 Å².